The minimum Gasteiger partial charge on any atom is -0.481 e. The Bertz CT molecular complexity index is 1470. The topological polar surface area (TPSA) is 171 Å². The number of benzene rings is 1. The highest BCUT2D eigenvalue weighted by Crippen LogP contribution is 2.17. The van der Waals surface area contributed by atoms with Gasteiger partial charge in [0.1, 0.15) is 11.6 Å². The molecule has 0 aliphatic heterocycles. The van der Waals surface area contributed by atoms with Crippen LogP contribution in [0.15, 0.2) is 79.6 Å². The molecule has 0 fully saturated rings. The third-order valence-electron chi connectivity index (χ3n) is 6.42. The molecule has 4 N–H and O–H groups in total. The van der Waals surface area contributed by atoms with Crippen molar-refractivity contribution in [3.63, 3.8) is 0 Å². The first-order valence-corrected chi connectivity index (χ1v) is 13.4. The van der Waals surface area contributed by atoms with Crippen LogP contribution in [0, 0.1) is 12.7 Å². The van der Waals surface area contributed by atoms with E-state index < -0.39 is 36.4 Å². The maximum Gasteiger partial charge on any atom is 0.336 e. The predicted octanol–water partition coefficient (Wildman–Crippen LogP) is 3.36. The zero-order valence-corrected chi connectivity index (χ0v) is 23.6. The molecule has 0 bridgehead atoms. The fraction of sp³-hybridized carbons (Fsp3) is 0.300. The second kappa shape index (κ2) is 15.4. The van der Waals surface area contributed by atoms with Gasteiger partial charge < -0.3 is 29.6 Å². The molecule has 12 nitrogen and oxygen atoms in total. The van der Waals surface area contributed by atoms with Crippen LogP contribution in [-0.4, -0.2) is 74.5 Å². The van der Waals surface area contributed by atoms with Crippen molar-refractivity contribution in [3.8, 4) is 5.82 Å². The first-order valence-electron chi connectivity index (χ1n) is 13.4. The largest absolute Gasteiger partial charge is 0.481 e. The Kier molecular flexibility index (Phi) is 11.7. The van der Waals surface area contributed by atoms with Gasteiger partial charge in [0.15, 0.2) is 5.60 Å². The Labute approximate surface area is 247 Å². The lowest BCUT2D eigenvalue weighted by atomic mass is 9.96. The number of aliphatic hydroxyl groups is 1. The normalized spacial score (nSPS) is 11.2. The lowest BCUT2D eigenvalue weighted by Crippen LogP contribution is -2.42. The average Bonchev–Trinajstić information content (AvgIpc) is 3.62. The summed E-state index contributed by atoms with van der Waals surface area (Å²) in [5.74, 6) is -4.30. The summed E-state index contributed by atoms with van der Waals surface area (Å²) in [6.45, 7) is 5.45. The first-order chi connectivity index (χ1) is 20.4. The molecule has 13 heteroatoms. The Morgan fingerprint density at radius 1 is 0.953 bits per heavy atom. The van der Waals surface area contributed by atoms with E-state index in [2.05, 4.69) is 55.3 Å². The summed E-state index contributed by atoms with van der Waals surface area (Å²) in [7, 11) is 0. The fourth-order valence-corrected chi connectivity index (χ4v) is 4.32. The Morgan fingerprint density at radius 3 is 2.23 bits per heavy atom. The highest BCUT2D eigenvalue weighted by molar-refractivity contribution is 5.88. The van der Waals surface area contributed by atoms with Crippen molar-refractivity contribution < 1.29 is 39.2 Å². The van der Waals surface area contributed by atoms with E-state index >= 15 is 0 Å². The van der Waals surface area contributed by atoms with Crippen molar-refractivity contribution in [3.05, 3.63) is 102 Å². The molecule has 0 atom stereocenters. The number of aliphatic carboxylic acids is 3. The zero-order valence-electron chi connectivity index (χ0n) is 23.6. The second-order valence-electron chi connectivity index (χ2n) is 10.0. The lowest BCUT2D eigenvalue weighted by Gasteiger charge is -2.23. The molecule has 1 aromatic carbocycles. The minimum absolute atomic E-state index is 0.204. The number of halogens is 1. The van der Waals surface area contributed by atoms with E-state index in [4.69, 9.17) is 20.4 Å². The van der Waals surface area contributed by atoms with E-state index in [9.17, 15) is 18.8 Å². The van der Waals surface area contributed by atoms with Crippen molar-refractivity contribution in [2.75, 3.05) is 6.54 Å². The molecule has 3 aromatic heterocycles. The lowest BCUT2D eigenvalue weighted by molar-refractivity contribution is -0.170. The predicted molar refractivity (Wildman–Crippen MR) is 153 cm³/mol. The maximum atomic E-state index is 13.3. The Balaban J connectivity index is 0.000000331. The molecule has 0 spiro atoms. The molecule has 0 radical (unpaired) electrons. The summed E-state index contributed by atoms with van der Waals surface area (Å²) in [5.41, 5.74) is 0.726. The van der Waals surface area contributed by atoms with E-state index in [1.54, 1.807) is 6.20 Å². The van der Waals surface area contributed by atoms with Crippen molar-refractivity contribution in [1.82, 2.24) is 24.0 Å². The summed E-state index contributed by atoms with van der Waals surface area (Å²) in [5, 5.41) is 33.8. The van der Waals surface area contributed by atoms with Gasteiger partial charge >= 0.3 is 17.9 Å². The molecule has 228 valence electrons. The number of aromatic nitrogens is 4. The number of carboxylic acids is 3. The van der Waals surface area contributed by atoms with Crippen LogP contribution in [0.1, 0.15) is 36.1 Å². The summed E-state index contributed by atoms with van der Waals surface area (Å²) in [4.78, 5) is 41.5. The van der Waals surface area contributed by atoms with Crippen molar-refractivity contribution >= 4 is 17.9 Å². The molecule has 0 aliphatic carbocycles. The van der Waals surface area contributed by atoms with Crippen molar-refractivity contribution in [2.45, 2.75) is 51.4 Å². The van der Waals surface area contributed by atoms with Gasteiger partial charge in [0.25, 0.3) is 0 Å². The van der Waals surface area contributed by atoms with Gasteiger partial charge in [-0.05, 0) is 60.9 Å². The minimum atomic E-state index is -2.74. The van der Waals surface area contributed by atoms with Gasteiger partial charge in [-0.1, -0.05) is 12.1 Å². The van der Waals surface area contributed by atoms with Crippen molar-refractivity contribution in [2.24, 2.45) is 0 Å². The molecule has 4 rings (SSSR count). The van der Waals surface area contributed by atoms with Gasteiger partial charge in [0.05, 0.1) is 19.2 Å². The standard InChI is InChI=1S/C24H26FN5.C6H8O7/c1-20-9-10-27-24(16-20)30-14-2-4-23(30)18-29(13-3-12-28-15-11-26-19-28)17-21-5-7-22(25)8-6-21;7-3(8)1-6(13,5(11)12)2-4(9)10/h2,4-11,14-16,19H,3,12-13,17-18H2,1H3;13H,1-2H2,(H,7,8)(H,9,10)(H,11,12). The Morgan fingerprint density at radius 2 is 1.65 bits per heavy atom. The van der Waals surface area contributed by atoms with E-state index in [1.165, 1.54) is 23.4 Å². The molecule has 4 aromatic rings. The number of rotatable bonds is 14. The number of aryl methyl sites for hydroxylation is 2. The number of hydrogen-bond acceptors (Lipinski definition) is 7. The number of imidazole rings is 1. The van der Waals surface area contributed by atoms with Gasteiger partial charge in [-0.3, -0.25) is 14.5 Å². The average molecular weight is 596 g/mol. The van der Waals surface area contributed by atoms with Crippen molar-refractivity contribution in [1.29, 1.82) is 0 Å². The van der Waals surface area contributed by atoms with Gasteiger partial charge in [0.2, 0.25) is 0 Å². The second-order valence-corrected chi connectivity index (χ2v) is 10.0. The summed E-state index contributed by atoms with van der Waals surface area (Å²) >= 11 is 0. The number of nitrogens with zero attached hydrogens (tertiary/aromatic N) is 5. The van der Waals surface area contributed by atoms with Crippen LogP contribution in [0.2, 0.25) is 0 Å². The smallest absolute Gasteiger partial charge is 0.336 e. The molecule has 3 heterocycles. The number of hydrogen-bond donors (Lipinski definition) is 4. The van der Waals surface area contributed by atoms with Crippen LogP contribution in [0.4, 0.5) is 4.39 Å². The van der Waals surface area contributed by atoms with Crippen LogP contribution in [0.3, 0.4) is 0 Å². The molecule has 43 heavy (non-hydrogen) atoms. The third-order valence-corrected chi connectivity index (χ3v) is 6.42. The van der Waals surface area contributed by atoms with Gasteiger partial charge in [-0.2, -0.15) is 0 Å². The number of carboxylic acid groups (broad SMARTS) is 3. The van der Waals surface area contributed by atoms with Gasteiger partial charge in [-0.25, -0.2) is 19.2 Å². The first kappa shape index (κ1) is 32.6. The van der Waals surface area contributed by atoms with Crippen LogP contribution in [0.5, 0.6) is 0 Å². The SMILES string of the molecule is Cc1ccnc(-n2cccc2CN(CCCn2ccnc2)Cc2ccc(F)cc2)c1.O=C(O)CC(O)(CC(=O)O)C(=O)O. The molecule has 0 amide bonds. The van der Waals surface area contributed by atoms with Crippen LogP contribution < -0.4 is 0 Å². The molecule has 0 aliphatic rings. The van der Waals surface area contributed by atoms with E-state index in [1.807, 2.05) is 36.9 Å². The van der Waals surface area contributed by atoms with Crippen LogP contribution in [0.25, 0.3) is 5.82 Å². The summed E-state index contributed by atoms with van der Waals surface area (Å²) < 4.78 is 17.6. The molecular weight excluding hydrogens is 561 g/mol. The van der Waals surface area contributed by atoms with E-state index in [-0.39, 0.29) is 5.82 Å². The molecule has 0 unspecified atom stereocenters. The quantitative estimate of drug-likeness (QED) is 0.169. The number of carbonyl (C=O) groups is 3. The van der Waals surface area contributed by atoms with Crippen LogP contribution >= 0.6 is 0 Å². The third kappa shape index (κ3) is 10.5. The number of pyridine rings is 1. The molecule has 0 saturated heterocycles. The maximum absolute atomic E-state index is 13.3. The monoisotopic (exact) mass is 595 g/mol. The van der Waals surface area contributed by atoms with Gasteiger partial charge in [-0.15, -0.1) is 0 Å². The summed E-state index contributed by atoms with van der Waals surface area (Å²) in [6, 6.07) is 15.1. The van der Waals surface area contributed by atoms with E-state index in [0.717, 1.165) is 44.0 Å². The molecular formula is C30H34FN5O7. The Hall–Kier alpha value is -4.88. The van der Waals surface area contributed by atoms with E-state index in [0.29, 0.717) is 0 Å². The molecule has 0 saturated carbocycles. The van der Waals surface area contributed by atoms with Crippen LogP contribution in [-0.2, 0) is 34.0 Å². The summed E-state index contributed by atoms with van der Waals surface area (Å²) in [6.07, 6.45) is 8.24. The fourth-order valence-electron chi connectivity index (χ4n) is 4.32. The highest BCUT2D eigenvalue weighted by Gasteiger charge is 2.40. The van der Waals surface area contributed by atoms with Gasteiger partial charge in [0, 0.05) is 56.7 Å². The highest BCUT2D eigenvalue weighted by atomic mass is 19.1. The zero-order chi connectivity index (χ0) is 31.4.